The molecule has 1 N–H and O–H groups in total. The monoisotopic (exact) mass is 517 g/mol. The van der Waals surface area contributed by atoms with Crippen LogP contribution in [-0.4, -0.2) is 49.5 Å². The van der Waals surface area contributed by atoms with Gasteiger partial charge in [-0.15, -0.1) is 0 Å². The number of para-hydroxylation sites is 1. The highest BCUT2D eigenvalue weighted by Crippen LogP contribution is 2.39. The number of methoxy groups -OCH3 is 3. The number of carbonyl (C=O) groups excluding carboxylic acids is 1. The number of benzene rings is 3. The minimum absolute atomic E-state index is 0.145. The van der Waals surface area contributed by atoms with Gasteiger partial charge in [0.2, 0.25) is 11.5 Å². The highest BCUT2D eigenvalue weighted by Gasteiger charge is 2.24. The molecular weight excluding hydrogens is 494 g/mol. The van der Waals surface area contributed by atoms with Crippen molar-refractivity contribution in [2.45, 2.75) is 4.90 Å². The van der Waals surface area contributed by atoms with Gasteiger partial charge in [0.15, 0.2) is 11.5 Å². The lowest BCUT2D eigenvalue weighted by Crippen LogP contribution is -2.11. The molecule has 3 aromatic carbocycles. The number of aromatic amines is 1. The summed E-state index contributed by atoms with van der Waals surface area (Å²) in [6.45, 7) is 0. The first-order chi connectivity index (χ1) is 17.9. The third kappa shape index (κ3) is 4.11. The van der Waals surface area contributed by atoms with Crippen LogP contribution in [0.5, 0.6) is 17.2 Å². The molecule has 0 spiro atoms. The fraction of sp³-hybridized carbons (Fsp3) is 0.111. The molecule has 10 heteroatoms. The van der Waals surface area contributed by atoms with Crippen LogP contribution >= 0.6 is 0 Å². The zero-order valence-electron chi connectivity index (χ0n) is 20.3. The summed E-state index contributed by atoms with van der Waals surface area (Å²) in [6, 6.07) is 18.4. The first kappa shape index (κ1) is 24.1. The first-order valence-electron chi connectivity index (χ1n) is 11.2. The van der Waals surface area contributed by atoms with Crippen LogP contribution in [0.25, 0.3) is 22.3 Å². The minimum atomic E-state index is -3.86. The lowest BCUT2D eigenvalue weighted by atomic mass is 10.1. The molecule has 0 unspecified atom stereocenters. The number of aromatic nitrogens is 3. The molecule has 0 saturated carbocycles. The maximum absolute atomic E-state index is 13.4. The summed E-state index contributed by atoms with van der Waals surface area (Å²) in [6.07, 6.45) is 3.00. The number of hydrogen-bond donors (Lipinski definition) is 1. The van der Waals surface area contributed by atoms with Crippen molar-refractivity contribution in [2.24, 2.45) is 0 Å². The summed E-state index contributed by atoms with van der Waals surface area (Å²) in [4.78, 5) is 21.0. The second kappa shape index (κ2) is 9.47. The Morgan fingerprint density at radius 1 is 0.892 bits per heavy atom. The van der Waals surface area contributed by atoms with Crippen molar-refractivity contribution in [1.29, 1.82) is 0 Å². The number of ether oxygens (including phenoxy) is 3. The lowest BCUT2D eigenvalue weighted by molar-refractivity contribution is 0.103. The molecule has 0 aliphatic carbocycles. The number of hydrogen-bond acceptors (Lipinski definition) is 7. The normalized spacial score (nSPS) is 11.4. The maximum Gasteiger partial charge on any atom is 0.268 e. The maximum atomic E-state index is 13.4. The molecule has 0 radical (unpaired) electrons. The molecule has 0 aliphatic rings. The van der Waals surface area contributed by atoms with Crippen molar-refractivity contribution in [1.82, 2.24) is 13.9 Å². The molecular formula is C27H23N3O6S. The number of ketones is 1. The standard InChI is InChI=1S/C27H23N3O6S/c1-34-23-13-17(14-24(35-2)26(23)36-3)25(31)21-15-28-27(29-21)20-16-30(22-12-8-7-11-19(20)22)37(32,33)18-9-5-4-6-10-18/h4-16H,1-3H3,(H,28,29). The van der Waals surface area contributed by atoms with Gasteiger partial charge in [-0.1, -0.05) is 36.4 Å². The van der Waals surface area contributed by atoms with E-state index in [1.165, 1.54) is 37.7 Å². The van der Waals surface area contributed by atoms with E-state index < -0.39 is 10.0 Å². The van der Waals surface area contributed by atoms with Crippen molar-refractivity contribution in [2.75, 3.05) is 21.3 Å². The second-order valence-electron chi connectivity index (χ2n) is 8.05. The Labute approximate surface area is 213 Å². The summed E-state index contributed by atoms with van der Waals surface area (Å²) in [7, 11) is 0.563. The number of H-pyrrole nitrogens is 1. The summed E-state index contributed by atoms with van der Waals surface area (Å²) in [5, 5.41) is 0.670. The predicted octanol–water partition coefficient (Wildman–Crippen LogP) is 4.53. The molecule has 5 aromatic rings. The Balaban J connectivity index is 1.58. The van der Waals surface area contributed by atoms with Gasteiger partial charge in [-0.05, 0) is 30.3 Å². The summed E-state index contributed by atoms with van der Waals surface area (Å²) in [5.74, 6) is 1.04. The predicted molar refractivity (Wildman–Crippen MR) is 138 cm³/mol. The number of nitrogens with zero attached hydrogens (tertiary/aromatic N) is 2. The van der Waals surface area contributed by atoms with Gasteiger partial charge in [0.05, 0.1) is 31.7 Å². The van der Waals surface area contributed by atoms with E-state index in [1.54, 1.807) is 54.6 Å². The summed E-state index contributed by atoms with van der Waals surface area (Å²) >= 11 is 0. The Kier molecular flexibility index (Phi) is 6.18. The van der Waals surface area contributed by atoms with Crippen LogP contribution in [0.3, 0.4) is 0 Å². The molecule has 0 aliphatic heterocycles. The van der Waals surface area contributed by atoms with Gasteiger partial charge in [0, 0.05) is 28.9 Å². The molecule has 9 nitrogen and oxygen atoms in total. The molecule has 5 rings (SSSR count). The van der Waals surface area contributed by atoms with E-state index in [9.17, 15) is 13.2 Å². The molecule has 0 saturated heterocycles. The first-order valence-corrected chi connectivity index (χ1v) is 12.6. The average molecular weight is 518 g/mol. The fourth-order valence-electron chi connectivity index (χ4n) is 4.18. The summed E-state index contributed by atoms with van der Waals surface area (Å²) < 4.78 is 44.1. The molecule has 0 fully saturated rings. The van der Waals surface area contributed by atoms with Crippen molar-refractivity contribution >= 4 is 26.7 Å². The highest BCUT2D eigenvalue weighted by molar-refractivity contribution is 7.90. The molecule has 0 atom stereocenters. The average Bonchev–Trinajstić information content (AvgIpc) is 3.58. The molecule has 0 bridgehead atoms. The van der Waals surface area contributed by atoms with Crippen molar-refractivity contribution in [3.05, 3.63) is 90.4 Å². The topological polar surface area (TPSA) is 113 Å². The summed E-state index contributed by atoms with van der Waals surface area (Å²) in [5.41, 5.74) is 1.47. The largest absolute Gasteiger partial charge is 0.493 e. The SMILES string of the molecule is COc1cc(C(=O)c2c[nH]c(-c3cn(S(=O)(=O)c4ccccc4)c4ccccc34)n2)cc(OC)c1OC. The zero-order valence-corrected chi connectivity index (χ0v) is 21.1. The number of carbonyl (C=O) groups is 1. The van der Waals surface area contributed by atoms with E-state index in [0.29, 0.717) is 45.1 Å². The van der Waals surface area contributed by atoms with Crippen molar-refractivity contribution in [3.8, 4) is 28.6 Å². The van der Waals surface area contributed by atoms with Crippen LogP contribution in [0, 0.1) is 0 Å². The smallest absolute Gasteiger partial charge is 0.268 e. The fourth-order valence-corrected chi connectivity index (χ4v) is 5.57. The van der Waals surface area contributed by atoms with E-state index in [0.717, 1.165) is 0 Å². The zero-order chi connectivity index (χ0) is 26.2. The van der Waals surface area contributed by atoms with Crippen LogP contribution in [0.4, 0.5) is 0 Å². The Hall–Kier alpha value is -4.57. The van der Waals surface area contributed by atoms with Crippen molar-refractivity contribution < 1.29 is 27.4 Å². The van der Waals surface area contributed by atoms with E-state index in [4.69, 9.17) is 14.2 Å². The Bertz CT molecular complexity index is 1700. The van der Waals surface area contributed by atoms with E-state index in [1.807, 2.05) is 12.1 Å². The lowest BCUT2D eigenvalue weighted by Gasteiger charge is -2.13. The Morgan fingerprint density at radius 3 is 2.19 bits per heavy atom. The van der Waals surface area contributed by atoms with Gasteiger partial charge >= 0.3 is 0 Å². The van der Waals surface area contributed by atoms with Crippen LogP contribution in [0.1, 0.15) is 16.1 Å². The number of fused-ring (bicyclic) bond motifs is 1. The van der Waals surface area contributed by atoms with Gasteiger partial charge in [-0.25, -0.2) is 17.4 Å². The third-order valence-corrected chi connectivity index (χ3v) is 7.66. The minimum Gasteiger partial charge on any atom is -0.493 e. The molecule has 2 heterocycles. The second-order valence-corrected chi connectivity index (χ2v) is 9.87. The van der Waals surface area contributed by atoms with Gasteiger partial charge in [0.1, 0.15) is 11.5 Å². The number of nitrogens with one attached hydrogen (secondary N) is 1. The van der Waals surface area contributed by atoms with Crippen LogP contribution in [0.2, 0.25) is 0 Å². The van der Waals surface area contributed by atoms with Crippen LogP contribution in [-0.2, 0) is 10.0 Å². The van der Waals surface area contributed by atoms with Crippen molar-refractivity contribution in [3.63, 3.8) is 0 Å². The van der Waals surface area contributed by atoms with Gasteiger partial charge in [0.25, 0.3) is 10.0 Å². The molecule has 0 amide bonds. The van der Waals surface area contributed by atoms with E-state index in [-0.39, 0.29) is 16.4 Å². The molecule has 37 heavy (non-hydrogen) atoms. The van der Waals surface area contributed by atoms with Gasteiger partial charge < -0.3 is 19.2 Å². The quantitative estimate of drug-likeness (QED) is 0.301. The number of rotatable bonds is 8. The van der Waals surface area contributed by atoms with Gasteiger partial charge in [-0.2, -0.15) is 0 Å². The van der Waals surface area contributed by atoms with E-state index >= 15 is 0 Å². The Morgan fingerprint density at radius 2 is 1.54 bits per heavy atom. The molecule has 2 aromatic heterocycles. The molecule has 188 valence electrons. The van der Waals surface area contributed by atoms with Crippen LogP contribution < -0.4 is 14.2 Å². The number of imidazole rings is 1. The van der Waals surface area contributed by atoms with E-state index in [2.05, 4.69) is 9.97 Å². The van der Waals surface area contributed by atoms with Gasteiger partial charge in [-0.3, -0.25) is 4.79 Å². The highest BCUT2D eigenvalue weighted by atomic mass is 32.2. The third-order valence-electron chi connectivity index (χ3n) is 5.97. The van der Waals surface area contributed by atoms with Crippen LogP contribution in [0.15, 0.2) is 84.0 Å².